The maximum Gasteiger partial charge on any atom is 0.232 e. The maximum absolute atomic E-state index is 11.4. The van der Waals surface area contributed by atoms with Crippen LogP contribution in [0.2, 0.25) is 0 Å². The van der Waals surface area contributed by atoms with Crippen molar-refractivity contribution in [1.29, 1.82) is 0 Å². The summed E-state index contributed by atoms with van der Waals surface area (Å²) < 4.78 is 11.2. The van der Waals surface area contributed by atoms with Gasteiger partial charge in [0.25, 0.3) is 0 Å². The van der Waals surface area contributed by atoms with Gasteiger partial charge < -0.3 is 10.4 Å². The Morgan fingerprint density at radius 1 is 1.29 bits per heavy atom. The van der Waals surface area contributed by atoms with Gasteiger partial charge in [0.1, 0.15) is 5.75 Å². The smallest absolute Gasteiger partial charge is 0.232 e. The monoisotopic (exact) mass is 261 g/mol. The lowest BCUT2D eigenvalue weighted by Crippen LogP contribution is -2.31. The van der Waals surface area contributed by atoms with Crippen molar-refractivity contribution in [3.05, 3.63) is 0 Å². The van der Waals surface area contributed by atoms with E-state index in [1.165, 1.54) is 32.1 Å². The normalized spacial score (nSPS) is 18.9. The van der Waals surface area contributed by atoms with E-state index in [2.05, 4.69) is 5.32 Å². The van der Waals surface area contributed by atoms with Gasteiger partial charge in [0.15, 0.2) is 0 Å². The molecule has 1 rings (SSSR count). The van der Waals surface area contributed by atoms with E-state index in [1.807, 2.05) is 0 Å². The highest BCUT2D eigenvalue weighted by atomic mass is 32.2. The fraction of sp³-hybridized carbons (Fsp3) is 0.917. The van der Waals surface area contributed by atoms with Crippen molar-refractivity contribution in [3.8, 4) is 0 Å². The quantitative estimate of drug-likeness (QED) is 0.713. The summed E-state index contributed by atoms with van der Waals surface area (Å²) in [6.45, 7) is 0.571. The van der Waals surface area contributed by atoms with Gasteiger partial charge in [-0.3, -0.25) is 9.00 Å². The number of amides is 1. The fourth-order valence-corrected chi connectivity index (χ4v) is 3.01. The van der Waals surface area contributed by atoms with Gasteiger partial charge in [0.2, 0.25) is 5.91 Å². The van der Waals surface area contributed by atoms with Crippen LogP contribution in [0.25, 0.3) is 0 Å². The third kappa shape index (κ3) is 6.78. The van der Waals surface area contributed by atoms with Crippen molar-refractivity contribution >= 4 is 16.7 Å². The minimum atomic E-state index is -1.22. The lowest BCUT2D eigenvalue weighted by atomic mass is 9.87. The molecule has 0 aromatic carbocycles. The predicted octanol–water partition coefficient (Wildman–Crippen LogP) is 0.814. The molecule has 1 saturated carbocycles. The zero-order valence-corrected chi connectivity index (χ0v) is 11.1. The maximum atomic E-state index is 11.4. The number of hydrogen-bond acceptors (Lipinski definition) is 3. The zero-order valence-electron chi connectivity index (χ0n) is 10.3. The van der Waals surface area contributed by atoms with Crippen molar-refractivity contribution < 1.29 is 14.1 Å². The van der Waals surface area contributed by atoms with Crippen LogP contribution in [0.1, 0.15) is 38.5 Å². The van der Waals surface area contributed by atoms with Crippen LogP contribution < -0.4 is 5.32 Å². The number of carbonyl (C=O) groups excluding carboxylic acids is 1. The van der Waals surface area contributed by atoms with Gasteiger partial charge >= 0.3 is 0 Å². The molecule has 5 heteroatoms. The molecule has 0 aliphatic heterocycles. The lowest BCUT2D eigenvalue weighted by Gasteiger charge is -2.21. The summed E-state index contributed by atoms with van der Waals surface area (Å²) in [5.74, 6) is 0.806. The van der Waals surface area contributed by atoms with E-state index < -0.39 is 10.8 Å². The minimum absolute atomic E-state index is 0.0191. The Hall–Kier alpha value is -0.420. The van der Waals surface area contributed by atoms with E-state index in [1.54, 1.807) is 0 Å². The summed E-state index contributed by atoms with van der Waals surface area (Å²) in [6.07, 6.45) is 7.60. The molecule has 0 saturated heterocycles. The van der Waals surface area contributed by atoms with Gasteiger partial charge in [0.05, 0.1) is 6.61 Å². The molecule has 1 aliphatic carbocycles. The molecule has 1 amide bonds. The second-order valence-corrected chi connectivity index (χ2v) is 6.23. The van der Waals surface area contributed by atoms with Gasteiger partial charge in [0, 0.05) is 23.1 Å². The highest BCUT2D eigenvalue weighted by Gasteiger charge is 2.13. The van der Waals surface area contributed by atoms with Crippen LogP contribution in [0.5, 0.6) is 0 Å². The first-order valence-electron chi connectivity index (χ1n) is 6.45. The Bertz CT molecular complexity index is 252. The van der Waals surface area contributed by atoms with E-state index in [-0.39, 0.29) is 24.0 Å². The van der Waals surface area contributed by atoms with Crippen LogP contribution in [-0.2, 0) is 15.6 Å². The van der Waals surface area contributed by atoms with Crippen LogP contribution in [0.3, 0.4) is 0 Å². The largest absolute Gasteiger partial charge is 0.395 e. The lowest BCUT2D eigenvalue weighted by molar-refractivity contribution is -0.118. The van der Waals surface area contributed by atoms with Gasteiger partial charge in [-0.1, -0.05) is 32.1 Å². The Balaban J connectivity index is 2.05. The van der Waals surface area contributed by atoms with Crippen LogP contribution in [0, 0.1) is 5.92 Å². The summed E-state index contributed by atoms with van der Waals surface area (Å²) in [7, 11) is -1.22. The van der Waals surface area contributed by atoms with Crippen molar-refractivity contribution in [2.75, 3.05) is 24.7 Å². The summed E-state index contributed by atoms with van der Waals surface area (Å²) in [4.78, 5) is 11.4. The highest BCUT2D eigenvalue weighted by molar-refractivity contribution is 7.85. The molecule has 4 nitrogen and oxygen atoms in total. The fourth-order valence-electron chi connectivity index (χ4n) is 2.26. The van der Waals surface area contributed by atoms with E-state index >= 15 is 0 Å². The average molecular weight is 261 g/mol. The molecule has 1 atom stereocenters. The third-order valence-corrected chi connectivity index (χ3v) is 4.43. The molecule has 2 N–H and O–H groups in total. The van der Waals surface area contributed by atoms with Gasteiger partial charge in [-0.2, -0.15) is 0 Å². The molecular formula is C12H23NO3S. The van der Waals surface area contributed by atoms with Crippen LogP contribution in [-0.4, -0.2) is 39.9 Å². The molecular weight excluding hydrogens is 238 g/mol. The molecule has 1 unspecified atom stereocenters. The first-order valence-corrected chi connectivity index (χ1v) is 7.93. The summed E-state index contributed by atoms with van der Waals surface area (Å²) in [5, 5.41) is 11.4. The minimum Gasteiger partial charge on any atom is -0.395 e. The predicted molar refractivity (Wildman–Crippen MR) is 69.2 cm³/mol. The number of hydrogen-bond donors (Lipinski definition) is 2. The molecule has 0 aromatic heterocycles. The Labute approximate surface area is 106 Å². The molecule has 100 valence electrons. The number of nitrogens with one attached hydrogen (secondary N) is 1. The zero-order chi connectivity index (χ0) is 12.5. The average Bonchev–Trinajstić information content (AvgIpc) is 2.30. The standard InChI is InChI=1S/C12H23NO3S/c14-8-9-17(16)10-12(15)13-7-6-11-4-2-1-3-5-11/h11,14H,1-10H2,(H,13,15). The van der Waals surface area contributed by atoms with Gasteiger partial charge in [-0.25, -0.2) is 0 Å². The molecule has 1 fully saturated rings. The SMILES string of the molecule is O=C(CS(=O)CCO)NCCC1CCCCC1. The van der Waals surface area contributed by atoms with Gasteiger partial charge in [-0.05, 0) is 12.3 Å². The second-order valence-electron chi connectivity index (χ2n) is 4.65. The molecule has 1 aliphatic rings. The highest BCUT2D eigenvalue weighted by Crippen LogP contribution is 2.25. The summed E-state index contributed by atoms with van der Waals surface area (Å²) in [5.41, 5.74) is 0. The number of aliphatic hydroxyl groups excluding tert-OH is 1. The van der Waals surface area contributed by atoms with Crippen molar-refractivity contribution in [1.82, 2.24) is 5.32 Å². The Morgan fingerprint density at radius 3 is 2.65 bits per heavy atom. The van der Waals surface area contributed by atoms with E-state index in [4.69, 9.17) is 5.11 Å². The second kappa shape index (κ2) is 8.64. The Morgan fingerprint density at radius 2 is 2.00 bits per heavy atom. The summed E-state index contributed by atoms with van der Waals surface area (Å²) >= 11 is 0. The van der Waals surface area contributed by atoms with Crippen molar-refractivity contribution in [2.45, 2.75) is 38.5 Å². The van der Waals surface area contributed by atoms with Crippen molar-refractivity contribution in [2.24, 2.45) is 5.92 Å². The number of carbonyl (C=O) groups is 1. The van der Waals surface area contributed by atoms with Crippen LogP contribution >= 0.6 is 0 Å². The number of rotatable bonds is 7. The first-order chi connectivity index (χ1) is 8.22. The van der Waals surface area contributed by atoms with E-state index in [9.17, 15) is 9.00 Å². The molecule has 0 aromatic rings. The van der Waals surface area contributed by atoms with Crippen LogP contribution in [0.15, 0.2) is 0 Å². The van der Waals surface area contributed by atoms with E-state index in [0.717, 1.165) is 12.3 Å². The van der Waals surface area contributed by atoms with Crippen molar-refractivity contribution in [3.63, 3.8) is 0 Å². The molecule has 17 heavy (non-hydrogen) atoms. The van der Waals surface area contributed by atoms with Gasteiger partial charge in [-0.15, -0.1) is 0 Å². The molecule has 0 spiro atoms. The molecule has 0 heterocycles. The number of aliphatic hydroxyl groups is 1. The Kier molecular flexibility index (Phi) is 7.44. The molecule has 0 bridgehead atoms. The first kappa shape index (κ1) is 14.6. The van der Waals surface area contributed by atoms with Crippen LogP contribution in [0.4, 0.5) is 0 Å². The topological polar surface area (TPSA) is 66.4 Å². The molecule has 0 radical (unpaired) electrons. The third-order valence-electron chi connectivity index (χ3n) is 3.21. The van der Waals surface area contributed by atoms with E-state index in [0.29, 0.717) is 6.54 Å². The summed E-state index contributed by atoms with van der Waals surface area (Å²) in [6, 6.07) is 0.